The lowest BCUT2D eigenvalue weighted by Crippen LogP contribution is -2.43. The molecule has 1 rings (SSSR count). The van der Waals surface area contributed by atoms with E-state index in [1.54, 1.807) is 0 Å². The number of carbonyl (C=O) groups excluding carboxylic acids is 1. The Morgan fingerprint density at radius 2 is 2.20 bits per heavy atom. The quantitative estimate of drug-likeness (QED) is 0.753. The number of thioether (sulfide) groups is 1. The number of benzene rings is 1. The summed E-state index contributed by atoms with van der Waals surface area (Å²) in [7, 11) is 0. The van der Waals surface area contributed by atoms with Gasteiger partial charge in [-0.1, -0.05) is 11.6 Å². The summed E-state index contributed by atoms with van der Waals surface area (Å²) >= 11 is 7.24. The second-order valence-electron chi connectivity index (χ2n) is 3.89. The Kier molecular flexibility index (Phi) is 6.60. The fourth-order valence-electron chi connectivity index (χ4n) is 1.40. The van der Waals surface area contributed by atoms with Gasteiger partial charge >= 0.3 is 12.0 Å². The Hall–Kier alpha value is -1.47. The first kappa shape index (κ1) is 16.6. The van der Waals surface area contributed by atoms with Gasteiger partial charge in [-0.05, 0) is 36.6 Å². The molecular weight excluding hydrogens is 307 g/mol. The molecule has 0 aliphatic heterocycles. The van der Waals surface area contributed by atoms with Gasteiger partial charge in [0.1, 0.15) is 11.9 Å². The third kappa shape index (κ3) is 5.26. The number of carbonyl (C=O) groups is 2. The molecule has 0 aliphatic carbocycles. The van der Waals surface area contributed by atoms with Crippen LogP contribution in [0.15, 0.2) is 18.2 Å². The van der Waals surface area contributed by atoms with Crippen molar-refractivity contribution in [3.63, 3.8) is 0 Å². The summed E-state index contributed by atoms with van der Waals surface area (Å²) in [4.78, 5) is 22.7. The Labute approximate surface area is 124 Å². The van der Waals surface area contributed by atoms with E-state index in [1.807, 2.05) is 6.26 Å². The van der Waals surface area contributed by atoms with Crippen LogP contribution >= 0.6 is 23.4 Å². The standard InChI is InChI=1S/C12H14ClFN2O3S/c1-20-5-4-10(11(17)18)16-12(19)15-9-3-2-7(14)6-8(9)13/h2-3,6,10H,4-5H2,1H3,(H,17,18)(H2,15,16,19)/t10-/m1/s1. The average Bonchev–Trinajstić information content (AvgIpc) is 2.37. The van der Waals surface area contributed by atoms with Crippen LogP contribution in [-0.4, -0.2) is 35.2 Å². The van der Waals surface area contributed by atoms with Crippen LogP contribution in [0, 0.1) is 5.82 Å². The number of nitrogens with one attached hydrogen (secondary N) is 2. The number of amides is 2. The third-order valence-electron chi connectivity index (χ3n) is 2.39. The van der Waals surface area contributed by atoms with E-state index in [4.69, 9.17) is 16.7 Å². The van der Waals surface area contributed by atoms with Gasteiger partial charge in [0.05, 0.1) is 10.7 Å². The highest BCUT2D eigenvalue weighted by Crippen LogP contribution is 2.22. The van der Waals surface area contributed by atoms with E-state index in [-0.39, 0.29) is 10.7 Å². The average molecular weight is 321 g/mol. The fourth-order valence-corrected chi connectivity index (χ4v) is 2.09. The molecule has 5 nitrogen and oxygen atoms in total. The van der Waals surface area contributed by atoms with E-state index >= 15 is 0 Å². The van der Waals surface area contributed by atoms with E-state index in [9.17, 15) is 14.0 Å². The number of aliphatic carboxylic acids is 1. The van der Waals surface area contributed by atoms with Crippen molar-refractivity contribution in [2.75, 3.05) is 17.3 Å². The zero-order valence-corrected chi connectivity index (χ0v) is 12.2. The largest absolute Gasteiger partial charge is 0.480 e. The highest BCUT2D eigenvalue weighted by molar-refractivity contribution is 7.98. The van der Waals surface area contributed by atoms with Crippen LogP contribution in [0.2, 0.25) is 5.02 Å². The zero-order chi connectivity index (χ0) is 15.1. The molecule has 0 aliphatic rings. The topological polar surface area (TPSA) is 78.4 Å². The molecule has 0 fully saturated rings. The fraction of sp³-hybridized carbons (Fsp3) is 0.333. The van der Waals surface area contributed by atoms with Crippen LogP contribution in [0.25, 0.3) is 0 Å². The van der Waals surface area contributed by atoms with Crippen molar-refractivity contribution >= 4 is 41.1 Å². The maximum absolute atomic E-state index is 12.8. The second kappa shape index (κ2) is 7.96. The molecule has 1 atom stereocenters. The molecule has 0 saturated heterocycles. The molecule has 0 unspecified atom stereocenters. The Balaban J connectivity index is 2.63. The molecule has 2 amide bonds. The highest BCUT2D eigenvalue weighted by Gasteiger charge is 2.19. The van der Waals surface area contributed by atoms with Gasteiger partial charge < -0.3 is 15.7 Å². The molecule has 0 radical (unpaired) electrons. The van der Waals surface area contributed by atoms with Gasteiger partial charge in [-0.2, -0.15) is 11.8 Å². The number of hydrogen-bond donors (Lipinski definition) is 3. The van der Waals surface area contributed by atoms with Crippen LogP contribution in [0.1, 0.15) is 6.42 Å². The SMILES string of the molecule is CSCC[C@@H](NC(=O)Nc1ccc(F)cc1Cl)C(=O)O. The van der Waals surface area contributed by atoms with E-state index < -0.39 is 23.9 Å². The predicted molar refractivity (Wildman–Crippen MR) is 78.0 cm³/mol. The van der Waals surface area contributed by atoms with Crippen LogP contribution < -0.4 is 10.6 Å². The minimum Gasteiger partial charge on any atom is -0.480 e. The Morgan fingerprint density at radius 3 is 2.75 bits per heavy atom. The molecule has 8 heteroatoms. The number of carboxylic acids is 1. The molecule has 0 aromatic heterocycles. The Morgan fingerprint density at radius 1 is 1.50 bits per heavy atom. The first-order chi connectivity index (χ1) is 9.43. The van der Waals surface area contributed by atoms with Crippen LogP contribution in [0.4, 0.5) is 14.9 Å². The lowest BCUT2D eigenvalue weighted by molar-refractivity contribution is -0.139. The Bertz CT molecular complexity index is 502. The third-order valence-corrected chi connectivity index (χ3v) is 3.35. The smallest absolute Gasteiger partial charge is 0.326 e. The maximum atomic E-state index is 12.8. The van der Waals surface area contributed by atoms with E-state index in [0.29, 0.717) is 12.2 Å². The first-order valence-corrected chi connectivity index (χ1v) is 7.45. The summed E-state index contributed by atoms with van der Waals surface area (Å²) in [5.74, 6) is -1.03. The van der Waals surface area contributed by atoms with Gasteiger partial charge in [0.2, 0.25) is 0 Å². The van der Waals surface area contributed by atoms with Crippen molar-refractivity contribution in [3.05, 3.63) is 29.0 Å². The lowest BCUT2D eigenvalue weighted by Gasteiger charge is -2.15. The molecule has 0 saturated carbocycles. The molecule has 0 spiro atoms. The predicted octanol–water partition coefficient (Wildman–Crippen LogP) is 2.81. The van der Waals surface area contributed by atoms with Gasteiger partial charge in [0, 0.05) is 0 Å². The van der Waals surface area contributed by atoms with Gasteiger partial charge in [-0.15, -0.1) is 0 Å². The summed E-state index contributed by atoms with van der Waals surface area (Å²) < 4.78 is 12.8. The van der Waals surface area contributed by atoms with Crippen LogP contribution in [-0.2, 0) is 4.79 Å². The monoisotopic (exact) mass is 320 g/mol. The highest BCUT2D eigenvalue weighted by atomic mass is 35.5. The van der Waals surface area contributed by atoms with Gasteiger partial charge in [0.25, 0.3) is 0 Å². The summed E-state index contributed by atoms with van der Waals surface area (Å²) in [6.07, 6.45) is 2.15. The number of rotatable bonds is 6. The maximum Gasteiger partial charge on any atom is 0.326 e. The molecule has 0 heterocycles. The van der Waals surface area contributed by atoms with Crippen molar-refractivity contribution in [1.29, 1.82) is 0 Å². The van der Waals surface area contributed by atoms with Gasteiger partial charge in [0.15, 0.2) is 0 Å². The summed E-state index contributed by atoms with van der Waals surface area (Å²) in [6.45, 7) is 0. The molecule has 20 heavy (non-hydrogen) atoms. The first-order valence-electron chi connectivity index (χ1n) is 5.68. The summed E-state index contributed by atoms with van der Waals surface area (Å²) in [6, 6.07) is 1.81. The summed E-state index contributed by atoms with van der Waals surface area (Å²) in [5, 5.41) is 13.7. The summed E-state index contributed by atoms with van der Waals surface area (Å²) in [5.41, 5.74) is 0.208. The van der Waals surface area contributed by atoms with Crippen LogP contribution in [0.3, 0.4) is 0 Å². The number of hydrogen-bond acceptors (Lipinski definition) is 3. The van der Waals surface area contributed by atoms with Crippen molar-refractivity contribution in [2.24, 2.45) is 0 Å². The normalized spacial score (nSPS) is 11.8. The lowest BCUT2D eigenvalue weighted by atomic mass is 10.2. The molecule has 110 valence electrons. The van der Waals surface area contributed by atoms with Gasteiger partial charge in [-0.25, -0.2) is 14.0 Å². The minimum absolute atomic E-state index is 0.0381. The zero-order valence-electron chi connectivity index (χ0n) is 10.7. The molecule has 0 bridgehead atoms. The van der Waals surface area contributed by atoms with E-state index in [0.717, 1.165) is 12.1 Å². The number of urea groups is 1. The molecule has 1 aromatic carbocycles. The van der Waals surface area contributed by atoms with Crippen molar-refractivity contribution in [2.45, 2.75) is 12.5 Å². The van der Waals surface area contributed by atoms with Crippen molar-refractivity contribution in [1.82, 2.24) is 5.32 Å². The number of carboxylic acid groups (broad SMARTS) is 1. The molecule has 1 aromatic rings. The van der Waals surface area contributed by atoms with Crippen molar-refractivity contribution < 1.29 is 19.1 Å². The van der Waals surface area contributed by atoms with Crippen molar-refractivity contribution in [3.8, 4) is 0 Å². The van der Waals surface area contributed by atoms with Crippen LogP contribution in [0.5, 0.6) is 0 Å². The molecular formula is C12H14ClFN2O3S. The number of halogens is 2. The van der Waals surface area contributed by atoms with E-state index in [1.165, 1.54) is 17.8 Å². The van der Waals surface area contributed by atoms with Gasteiger partial charge in [-0.3, -0.25) is 0 Å². The number of anilines is 1. The minimum atomic E-state index is -1.11. The molecule has 3 N–H and O–H groups in total. The van der Waals surface area contributed by atoms with E-state index in [2.05, 4.69) is 10.6 Å². The second-order valence-corrected chi connectivity index (χ2v) is 5.29.